The summed E-state index contributed by atoms with van der Waals surface area (Å²) in [5, 5.41) is 0. The van der Waals surface area contributed by atoms with E-state index in [2.05, 4.69) is 0 Å². The van der Waals surface area contributed by atoms with Crippen LogP contribution in [0.25, 0.3) is 0 Å². The molecule has 0 aliphatic carbocycles. The first-order valence-corrected chi connectivity index (χ1v) is 11.7. The van der Waals surface area contributed by atoms with E-state index in [1.54, 1.807) is 48.5 Å². The highest BCUT2D eigenvalue weighted by Gasteiger charge is 2.44. The van der Waals surface area contributed by atoms with Crippen LogP contribution < -0.4 is 0 Å². The lowest BCUT2D eigenvalue weighted by molar-refractivity contribution is -0.143. The third-order valence-electron chi connectivity index (χ3n) is 7.04. The summed E-state index contributed by atoms with van der Waals surface area (Å²) in [5.41, 5.74) is 1.11. The number of nitrogens with zero attached hydrogens (tertiary/aromatic N) is 4. The Bertz CT molecular complexity index is 1160. The van der Waals surface area contributed by atoms with E-state index in [1.807, 2.05) is 0 Å². The van der Waals surface area contributed by atoms with Crippen molar-refractivity contribution in [3.8, 4) is 0 Å². The minimum atomic E-state index is -0.989. The summed E-state index contributed by atoms with van der Waals surface area (Å²) in [6, 6.07) is 10.9. The summed E-state index contributed by atoms with van der Waals surface area (Å²) < 4.78 is 0. The number of amides is 6. The summed E-state index contributed by atoms with van der Waals surface area (Å²) in [7, 11) is 0. The Morgan fingerprint density at radius 3 is 1.06 bits per heavy atom. The first-order valence-electron chi connectivity index (χ1n) is 11.7. The molecule has 2 aromatic rings. The summed E-state index contributed by atoms with van der Waals surface area (Å²) >= 11 is 0. The van der Waals surface area contributed by atoms with Gasteiger partial charge in [-0.1, -0.05) is 24.3 Å². The molecule has 3 aliphatic heterocycles. The second-order valence-electron chi connectivity index (χ2n) is 9.05. The third kappa shape index (κ3) is 3.48. The lowest BCUT2D eigenvalue weighted by atomic mass is 10.1. The van der Waals surface area contributed by atoms with Crippen LogP contribution in [0.5, 0.6) is 0 Å². The minimum absolute atomic E-state index is 0.201. The molecule has 5 rings (SSSR count). The highest BCUT2D eigenvalue weighted by atomic mass is 16.2. The van der Waals surface area contributed by atoms with Crippen LogP contribution in [0.3, 0.4) is 0 Å². The zero-order valence-electron chi connectivity index (χ0n) is 19.8. The van der Waals surface area contributed by atoms with E-state index >= 15 is 0 Å². The van der Waals surface area contributed by atoms with Crippen molar-refractivity contribution in [3.63, 3.8) is 0 Å². The molecular formula is C26H24N4O6. The van der Waals surface area contributed by atoms with Crippen LogP contribution in [0.2, 0.25) is 0 Å². The average Bonchev–Trinajstić information content (AvgIpc) is 3.31. The van der Waals surface area contributed by atoms with Gasteiger partial charge in [0.25, 0.3) is 23.6 Å². The zero-order chi connectivity index (χ0) is 25.7. The van der Waals surface area contributed by atoms with Gasteiger partial charge in [-0.05, 0) is 38.1 Å². The largest absolute Gasteiger partial charge is 0.337 e. The molecule has 184 valence electrons. The number of carbonyl (C=O) groups excluding carboxylic acids is 6. The first-order chi connectivity index (χ1) is 17.2. The fraction of sp³-hybridized carbons (Fsp3) is 0.308. The zero-order valence-corrected chi connectivity index (χ0v) is 19.8. The second kappa shape index (κ2) is 8.71. The van der Waals surface area contributed by atoms with E-state index in [0.29, 0.717) is 0 Å². The highest BCUT2D eigenvalue weighted by molar-refractivity contribution is 6.23. The van der Waals surface area contributed by atoms with Crippen LogP contribution in [-0.2, 0) is 9.59 Å². The fourth-order valence-corrected chi connectivity index (χ4v) is 5.02. The van der Waals surface area contributed by atoms with Gasteiger partial charge >= 0.3 is 0 Å². The summed E-state index contributed by atoms with van der Waals surface area (Å²) in [4.78, 5) is 82.2. The lowest BCUT2D eigenvalue weighted by Crippen LogP contribution is -2.58. The molecule has 0 unspecified atom stereocenters. The fourth-order valence-electron chi connectivity index (χ4n) is 5.02. The quantitative estimate of drug-likeness (QED) is 0.594. The van der Waals surface area contributed by atoms with Gasteiger partial charge in [-0.15, -0.1) is 0 Å². The van der Waals surface area contributed by atoms with Crippen molar-refractivity contribution in [3.05, 3.63) is 70.8 Å². The molecule has 10 nitrogen and oxygen atoms in total. The molecule has 3 heterocycles. The Balaban J connectivity index is 1.21. The van der Waals surface area contributed by atoms with E-state index in [-0.39, 0.29) is 60.2 Å². The standard InChI is InChI=1S/C26H24N4O6/c1-15(29-23(33)17-7-3-4-8-18(17)24(29)34)21(31)27-11-13-28(14-12-27)22(32)16(2)30-25(35)19-9-5-6-10-20(19)26(30)36/h3-10,15-16H,11-14H2,1-2H3/t15-,16-/m1/s1. The number of fused-ring (bicyclic) bond motifs is 2. The molecule has 2 atom stereocenters. The Kier molecular flexibility index (Phi) is 5.66. The lowest BCUT2D eigenvalue weighted by Gasteiger charge is -2.38. The predicted molar refractivity (Wildman–Crippen MR) is 126 cm³/mol. The molecule has 0 bridgehead atoms. The maximum absolute atomic E-state index is 13.1. The van der Waals surface area contributed by atoms with E-state index in [9.17, 15) is 28.8 Å². The van der Waals surface area contributed by atoms with Crippen LogP contribution >= 0.6 is 0 Å². The van der Waals surface area contributed by atoms with Gasteiger partial charge in [-0.25, -0.2) is 0 Å². The number of rotatable bonds is 4. The van der Waals surface area contributed by atoms with Crippen molar-refractivity contribution in [1.29, 1.82) is 0 Å². The van der Waals surface area contributed by atoms with Crippen LogP contribution in [0, 0.1) is 0 Å². The van der Waals surface area contributed by atoms with Crippen LogP contribution in [0.1, 0.15) is 55.3 Å². The van der Waals surface area contributed by atoms with Gasteiger partial charge in [0, 0.05) is 26.2 Å². The SMILES string of the molecule is C[C@H](C(=O)N1CCN(C(=O)[C@@H](C)N2C(=O)c3ccccc3C2=O)CC1)N1C(=O)c2ccccc2C1=O. The Morgan fingerprint density at radius 1 is 0.556 bits per heavy atom. The van der Waals surface area contributed by atoms with Gasteiger partial charge in [0.05, 0.1) is 22.3 Å². The molecule has 0 spiro atoms. The molecule has 10 heteroatoms. The first kappa shape index (κ1) is 23.4. The van der Waals surface area contributed by atoms with Crippen molar-refractivity contribution in [2.45, 2.75) is 25.9 Å². The molecule has 2 aromatic carbocycles. The molecule has 0 saturated carbocycles. The molecule has 1 saturated heterocycles. The van der Waals surface area contributed by atoms with Gasteiger partial charge in [0.1, 0.15) is 12.1 Å². The molecule has 6 amide bonds. The van der Waals surface area contributed by atoms with E-state index in [1.165, 1.54) is 23.6 Å². The molecule has 1 fully saturated rings. The van der Waals surface area contributed by atoms with Crippen LogP contribution in [0.4, 0.5) is 0 Å². The molecule has 0 radical (unpaired) electrons. The molecule has 0 aromatic heterocycles. The maximum Gasteiger partial charge on any atom is 0.262 e. The molecular weight excluding hydrogens is 464 g/mol. The topological polar surface area (TPSA) is 115 Å². The number of imide groups is 2. The monoisotopic (exact) mass is 488 g/mol. The molecule has 3 aliphatic rings. The van der Waals surface area contributed by atoms with Crippen molar-refractivity contribution >= 4 is 35.4 Å². The summed E-state index contributed by atoms with van der Waals surface area (Å²) in [5.74, 6) is -2.77. The number of hydrogen-bond donors (Lipinski definition) is 0. The number of hydrogen-bond acceptors (Lipinski definition) is 6. The molecule has 0 N–H and O–H groups in total. The van der Waals surface area contributed by atoms with Crippen molar-refractivity contribution in [2.24, 2.45) is 0 Å². The van der Waals surface area contributed by atoms with Gasteiger partial charge in [-0.3, -0.25) is 38.6 Å². The van der Waals surface area contributed by atoms with Gasteiger partial charge < -0.3 is 9.80 Å². The van der Waals surface area contributed by atoms with Crippen molar-refractivity contribution < 1.29 is 28.8 Å². The third-order valence-corrected chi connectivity index (χ3v) is 7.04. The van der Waals surface area contributed by atoms with E-state index in [4.69, 9.17) is 0 Å². The number of benzene rings is 2. The number of carbonyl (C=O) groups is 6. The highest BCUT2D eigenvalue weighted by Crippen LogP contribution is 2.27. The Hall–Kier alpha value is -4.34. The minimum Gasteiger partial charge on any atom is -0.337 e. The Morgan fingerprint density at radius 2 is 0.806 bits per heavy atom. The Labute approximate surface area is 207 Å². The smallest absolute Gasteiger partial charge is 0.262 e. The molecule has 36 heavy (non-hydrogen) atoms. The number of piperazine rings is 1. The summed E-state index contributed by atoms with van der Waals surface area (Å²) in [6.45, 7) is 3.84. The summed E-state index contributed by atoms with van der Waals surface area (Å²) in [6.07, 6.45) is 0. The van der Waals surface area contributed by atoms with Gasteiger partial charge in [0.2, 0.25) is 11.8 Å². The second-order valence-corrected chi connectivity index (χ2v) is 9.05. The van der Waals surface area contributed by atoms with Gasteiger partial charge in [0.15, 0.2) is 0 Å². The van der Waals surface area contributed by atoms with Crippen LogP contribution in [0.15, 0.2) is 48.5 Å². The van der Waals surface area contributed by atoms with Crippen LogP contribution in [-0.4, -0.2) is 93.3 Å². The maximum atomic E-state index is 13.1. The van der Waals surface area contributed by atoms with E-state index < -0.39 is 35.7 Å². The van der Waals surface area contributed by atoms with Crippen molar-refractivity contribution in [2.75, 3.05) is 26.2 Å². The predicted octanol–water partition coefficient (Wildman–Crippen LogP) is 1.03. The van der Waals surface area contributed by atoms with Crippen molar-refractivity contribution in [1.82, 2.24) is 19.6 Å². The average molecular weight is 489 g/mol. The normalized spacial score (nSPS) is 18.9. The van der Waals surface area contributed by atoms with E-state index in [0.717, 1.165) is 9.80 Å². The van der Waals surface area contributed by atoms with Gasteiger partial charge in [-0.2, -0.15) is 0 Å².